The van der Waals surface area contributed by atoms with Gasteiger partial charge in [0.25, 0.3) is 15.9 Å². The average molecular weight is 492 g/mol. The van der Waals surface area contributed by atoms with Gasteiger partial charge >= 0.3 is 0 Å². The summed E-state index contributed by atoms with van der Waals surface area (Å²) in [6.45, 7) is 4.30. The van der Waals surface area contributed by atoms with E-state index < -0.39 is 10.0 Å². The van der Waals surface area contributed by atoms with E-state index in [2.05, 4.69) is 36.3 Å². The van der Waals surface area contributed by atoms with Crippen LogP contribution in [-0.4, -0.2) is 26.4 Å². The van der Waals surface area contributed by atoms with Crippen LogP contribution in [0.3, 0.4) is 0 Å². The van der Waals surface area contributed by atoms with E-state index in [-0.39, 0.29) is 10.8 Å². The van der Waals surface area contributed by atoms with E-state index in [9.17, 15) is 13.2 Å². The smallest absolute Gasteiger partial charge is 0.264 e. The number of para-hydroxylation sites is 1. The predicted molar refractivity (Wildman–Crippen MR) is 138 cm³/mol. The standard InChI is InChI=1S/C26H25N3O3S2/c1-18(2)19-9-11-20(12-10-19)24-17-33-26(27-24)28-25(30)21-13-15-23(16-14-21)34(31,32)29(3)22-7-5-4-6-8-22/h4-18H,1-3H3,(H,27,28,30). The molecule has 0 atom stereocenters. The molecular weight excluding hydrogens is 466 g/mol. The summed E-state index contributed by atoms with van der Waals surface area (Å²) >= 11 is 1.34. The van der Waals surface area contributed by atoms with Gasteiger partial charge in [-0.2, -0.15) is 0 Å². The Hall–Kier alpha value is -3.49. The van der Waals surface area contributed by atoms with E-state index in [1.807, 2.05) is 23.6 Å². The van der Waals surface area contributed by atoms with Crippen molar-refractivity contribution < 1.29 is 13.2 Å². The van der Waals surface area contributed by atoms with Gasteiger partial charge in [-0.1, -0.05) is 56.3 Å². The first kappa shape index (κ1) is 23.7. The minimum atomic E-state index is -3.74. The van der Waals surface area contributed by atoms with Gasteiger partial charge in [0.1, 0.15) is 0 Å². The van der Waals surface area contributed by atoms with Crippen molar-refractivity contribution in [2.24, 2.45) is 0 Å². The fourth-order valence-corrected chi connectivity index (χ4v) is 5.30. The number of nitrogens with zero attached hydrogens (tertiary/aromatic N) is 2. The fraction of sp³-hybridized carbons (Fsp3) is 0.154. The molecule has 0 saturated heterocycles. The summed E-state index contributed by atoms with van der Waals surface area (Å²) in [6, 6.07) is 22.9. The Kier molecular flexibility index (Phi) is 6.81. The molecule has 6 nitrogen and oxygen atoms in total. The largest absolute Gasteiger partial charge is 0.298 e. The van der Waals surface area contributed by atoms with Gasteiger partial charge in [0.15, 0.2) is 5.13 Å². The number of aromatic nitrogens is 1. The topological polar surface area (TPSA) is 79.4 Å². The molecule has 3 aromatic carbocycles. The van der Waals surface area contributed by atoms with Crippen LogP contribution in [-0.2, 0) is 10.0 Å². The van der Waals surface area contributed by atoms with E-state index in [0.29, 0.717) is 22.3 Å². The van der Waals surface area contributed by atoms with Crippen LogP contribution in [0.15, 0.2) is 89.1 Å². The fourth-order valence-electron chi connectivity index (χ4n) is 3.38. The molecule has 1 N–H and O–H groups in total. The lowest BCUT2D eigenvalue weighted by molar-refractivity contribution is 0.102. The van der Waals surface area contributed by atoms with Crippen molar-refractivity contribution in [3.8, 4) is 11.3 Å². The van der Waals surface area contributed by atoms with Crippen molar-refractivity contribution in [2.75, 3.05) is 16.7 Å². The maximum absolute atomic E-state index is 12.9. The molecule has 1 aromatic heterocycles. The number of nitrogens with one attached hydrogen (secondary N) is 1. The number of hydrogen-bond acceptors (Lipinski definition) is 5. The number of benzene rings is 3. The Bertz CT molecular complexity index is 1380. The Morgan fingerprint density at radius 3 is 2.21 bits per heavy atom. The number of hydrogen-bond donors (Lipinski definition) is 1. The molecule has 0 fully saturated rings. The van der Waals surface area contributed by atoms with Crippen LogP contribution in [0.4, 0.5) is 10.8 Å². The van der Waals surface area contributed by atoms with Crippen LogP contribution in [0.2, 0.25) is 0 Å². The molecule has 0 saturated carbocycles. The van der Waals surface area contributed by atoms with E-state index in [1.165, 1.54) is 52.5 Å². The molecule has 0 radical (unpaired) electrons. The van der Waals surface area contributed by atoms with Crippen molar-refractivity contribution in [2.45, 2.75) is 24.7 Å². The molecule has 0 aliphatic rings. The highest BCUT2D eigenvalue weighted by molar-refractivity contribution is 7.92. The molecule has 0 spiro atoms. The Morgan fingerprint density at radius 2 is 1.59 bits per heavy atom. The van der Waals surface area contributed by atoms with E-state index in [1.54, 1.807) is 24.3 Å². The first-order chi connectivity index (χ1) is 16.3. The zero-order valence-electron chi connectivity index (χ0n) is 19.1. The molecule has 4 rings (SSSR count). The highest BCUT2D eigenvalue weighted by Gasteiger charge is 2.21. The molecule has 0 unspecified atom stereocenters. The van der Waals surface area contributed by atoms with Gasteiger partial charge < -0.3 is 0 Å². The van der Waals surface area contributed by atoms with Gasteiger partial charge in [-0.25, -0.2) is 13.4 Å². The summed E-state index contributed by atoms with van der Waals surface area (Å²) in [4.78, 5) is 17.3. The number of rotatable bonds is 7. The number of carbonyl (C=O) groups excluding carboxylic acids is 1. The third kappa shape index (κ3) is 5.03. The molecule has 0 bridgehead atoms. The van der Waals surface area contributed by atoms with Crippen LogP contribution >= 0.6 is 11.3 Å². The molecule has 1 amide bonds. The maximum atomic E-state index is 12.9. The van der Waals surface area contributed by atoms with Gasteiger partial charge in [-0.3, -0.25) is 14.4 Å². The number of anilines is 2. The summed E-state index contributed by atoms with van der Waals surface area (Å²) in [6.07, 6.45) is 0. The Balaban J connectivity index is 1.45. The van der Waals surface area contributed by atoms with Gasteiger partial charge in [0, 0.05) is 23.6 Å². The van der Waals surface area contributed by atoms with Gasteiger partial charge in [-0.15, -0.1) is 11.3 Å². The quantitative estimate of drug-likeness (QED) is 0.343. The number of carbonyl (C=O) groups is 1. The van der Waals surface area contributed by atoms with Crippen LogP contribution in [0.1, 0.15) is 35.7 Å². The van der Waals surface area contributed by atoms with E-state index in [4.69, 9.17) is 0 Å². The van der Waals surface area contributed by atoms with Crippen LogP contribution in [0, 0.1) is 0 Å². The monoisotopic (exact) mass is 491 g/mol. The first-order valence-corrected chi connectivity index (χ1v) is 13.1. The number of thiazole rings is 1. The summed E-state index contributed by atoms with van der Waals surface area (Å²) in [5, 5.41) is 5.17. The van der Waals surface area contributed by atoms with Crippen LogP contribution in [0.5, 0.6) is 0 Å². The normalized spacial score (nSPS) is 11.4. The van der Waals surface area contributed by atoms with Crippen LogP contribution < -0.4 is 9.62 Å². The van der Waals surface area contributed by atoms with Gasteiger partial charge in [-0.05, 0) is 47.9 Å². The minimum Gasteiger partial charge on any atom is -0.298 e. The van der Waals surface area contributed by atoms with Crippen molar-refractivity contribution in [1.29, 1.82) is 0 Å². The molecule has 0 aliphatic heterocycles. The molecule has 0 aliphatic carbocycles. The van der Waals surface area contributed by atoms with E-state index >= 15 is 0 Å². The minimum absolute atomic E-state index is 0.108. The third-order valence-electron chi connectivity index (χ3n) is 5.49. The molecule has 174 valence electrons. The van der Waals surface area contributed by atoms with Crippen molar-refractivity contribution >= 4 is 38.1 Å². The summed E-state index contributed by atoms with van der Waals surface area (Å²) in [5.41, 5.74) is 3.94. The molecule has 34 heavy (non-hydrogen) atoms. The average Bonchev–Trinajstić information content (AvgIpc) is 3.32. The second-order valence-corrected chi connectivity index (χ2v) is 10.9. The zero-order chi connectivity index (χ0) is 24.3. The predicted octanol–water partition coefficient (Wildman–Crippen LogP) is 6.01. The summed E-state index contributed by atoms with van der Waals surface area (Å²) < 4.78 is 27.1. The highest BCUT2D eigenvalue weighted by atomic mass is 32.2. The highest BCUT2D eigenvalue weighted by Crippen LogP contribution is 2.27. The maximum Gasteiger partial charge on any atom is 0.264 e. The van der Waals surface area contributed by atoms with Crippen molar-refractivity contribution in [3.63, 3.8) is 0 Å². The van der Waals surface area contributed by atoms with Crippen molar-refractivity contribution in [1.82, 2.24) is 4.98 Å². The lowest BCUT2D eigenvalue weighted by atomic mass is 10.0. The van der Waals surface area contributed by atoms with E-state index in [0.717, 1.165) is 11.3 Å². The molecule has 8 heteroatoms. The first-order valence-electron chi connectivity index (χ1n) is 10.8. The van der Waals surface area contributed by atoms with Crippen LogP contribution in [0.25, 0.3) is 11.3 Å². The SMILES string of the molecule is CC(C)c1ccc(-c2csc(NC(=O)c3ccc(S(=O)(=O)N(C)c4ccccc4)cc3)n2)cc1. The number of sulfonamides is 1. The second-order valence-electron chi connectivity index (χ2n) is 8.10. The summed E-state index contributed by atoms with van der Waals surface area (Å²) in [5.74, 6) is 0.107. The number of amides is 1. The van der Waals surface area contributed by atoms with Gasteiger partial charge in [0.05, 0.1) is 16.3 Å². The van der Waals surface area contributed by atoms with Gasteiger partial charge in [0.2, 0.25) is 0 Å². The summed E-state index contributed by atoms with van der Waals surface area (Å²) in [7, 11) is -2.24. The Labute approximate surface area is 204 Å². The second kappa shape index (κ2) is 9.79. The zero-order valence-corrected chi connectivity index (χ0v) is 20.7. The lowest BCUT2D eigenvalue weighted by Crippen LogP contribution is -2.26. The molecule has 4 aromatic rings. The third-order valence-corrected chi connectivity index (χ3v) is 8.05. The lowest BCUT2D eigenvalue weighted by Gasteiger charge is -2.19. The van der Waals surface area contributed by atoms with Crippen molar-refractivity contribution in [3.05, 3.63) is 95.4 Å². The Morgan fingerprint density at radius 1 is 0.941 bits per heavy atom. The molecular formula is C26H25N3O3S2. The molecule has 1 heterocycles.